The summed E-state index contributed by atoms with van der Waals surface area (Å²) in [5.41, 5.74) is 2.12. The second-order valence-corrected chi connectivity index (χ2v) is 5.94. The monoisotopic (exact) mass is 368 g/mol. The molecule has 0 amide bonds. The zero-order chi connectivity index (χ0) is 19.1. The lowest BCUT2D eigenvalue weighted by Gasteiger charge is -2.11. The average Bonchev–Trinajstić information content (AvgIpc) is 3.11. The van der Waals surface area contributed by atoms with Crippen LogP contribution >= 0.6 is 0 Å². The van der Waals surface area contributed by atoms with Gasteiger partial charge in [0.1, 0.15) is 5.75 Å². The van der Waals surface area contributed by atoms with E-state index in [0.29, 0.717) is 37.8 Å². The molecule has 0 N–H and O–H groups in total. The summed E-state index contributed by atoms with van der Waals surface area (Å²) in [6.07, 6.45) is 1.13. The molecule has 6 heteroatoms. The van der Waals surface area contributed by atoms with Crippen molar-refractivity contribution < 1.29 is 18.6 Å². The van der Waals surface area contributed by atoms with Crippen LogP contribution in [0.25, 0.3) is 0 Å². The highest BCUT2D eigenvalue weighted by Crippen LogP contribution is 2.29. The van der Waals surface area contributed by atoms with Gasteiger partial charge in [-0.25, -0.2) is 0 Å². The number of aromatic nitrogens is 2. The molecule has 2 aromatic carbocycles. The highest BCUT2D eigenvalue weighted by Gasteiger charge is 2.11. The SMILES string of the molecule is CCOc1ccc(Cc2nnc(Cc3ccc(OC)cc3)o2)cc1OCC. The smallest absolute Gasteiger partial charge is 0.220 e. The lowest BCUT2D eigenvalue weighted by molar-refractivity contribution is 0.287. The van der Waals surface area contributed by atoms with Gasteiger partial charge in [0.25, 0.3) is 0 Å². The van der Waals surface area contributed by atoms with Crippen molar-refractivity contribution in [1.82, 2.24) is 10.2 Å². The van der Waals surface area contributed by atoms with Crippen molar-refractivity contribution in [3.8, 4) is 17.2 Å². The van der Waals surface area contributed by atoms with E-state index >= 15 is 0 Å². The molecule has 142 valence electrons. The summed E-state index contributed by atoms with van der Waals surface area (Å²) in [6.45, 7) is 5.08. The lowest BCUT2D eigenvalue weighted by Crippen LogP contribution is -1.99. The number of ether oxygens (including phenoxy) is 3. The van der Waals surface area contributed by atoms with E-state index in [2.05, 4.69) is 10.2 Å². The van der Waals surface area contributed by atoms with E-state index < -0.39 is 0 Å². The molecule has 0 unspecified atom stereocenters. The van der Waals surface area contributed by atoms with Gasteiger partial charge in [0.15, 0.2) is 11.5 Å². The second kappa shape index (κ2) is 9.07. The molecular weight excluding hydrogens is 344 g/mol. The van der Waals surface area contributed by atoms with Crippen LogP contribution in [0, 0.1) is 0 Å². The van der Waals surface area contributed by atoms with E-state index in [1.54, 1.807) is 7.11 Å². The maximum atomic E-state index is 5.80. The fourth-order valence-corrected chi connectivity index (χ4v) is 2.73. The van der Waals surface area contributed by atoms with Crippen LogP contribution in [-0.4, -0.2) is 30.5 Å². The Morgan fingerprint density at radius 2 is 1.37 bits per heavy atom. The van der Waals surface area contributed by atoms with Crippen molar-refractivity contribution in [1.29, 1.82) is 0 Å². The Kier molecular flexibility index (Phi) is 6.30. The van der Waals surface area contributed by atoms with Crippen LogP contribution in [0.4, 0.5) is 0 Å². The van der Waals surface area contributed by atoms with Gasteiger partial charge in [-0.15, -0.1) is 10.2 Å². The standard InChI is InChI=1S/C21H24N2O4/c1-4-25-18-11-8-16(12-19(18)26-5-2)14-21-23-22-20(27-21)13-15-6-9-17(24-3)10-7-15/h6-12H,4-5,13-14H2,1-3H3. The van der Waals surface area contributed by atoms with Gasteiger partial charge in [0.2, 0.25) is 11.8 Å². The topological polar surface area (TPSA) is 66.6 Å². The van der Waals surface area contributed by atoms with E-state index in [-0.39, 0.29) is 0 Å². The highest BCUT2D eigenvalue weighted by atomic mass is 16.5. The summed E-state index contributed by atoms with van der Waals surface area (Å²) in [5.74, 6) is 3.46. The number of methoxy groups -OCH3 is 1. The Hall–Kier alpha value is -3.02. The summed E-state index contributed by atoms with van der Waals surface area (Å²) in [6, 6.07) is 13.7. The van der Waals surface area contributed by atoms with Crippen molar-refractivity contribution in [2.24, 2.45) is 0 Å². The predicted molar refractivity (Wildman–Crippen MR) is 102 cm³/mol. The molecule has 0 spiro atoms. The maximum Gasteiger partial charge on any atom is 0.220 e. The molecular formula is C21H24N2O4. The van der Waals surface area contributed by atoms with E-state index in [1.165, 1.54) is 0 Å². The van der Waals surface area contributed by atoms with Crippen molar-refractivity contribution in [2.75, 3.05) is 20.3 Å². The molecule has 0 aliphatic carbocycles. The van der Waals surface area contributed by atoms with Crippen molar-refractivity contribution in [3.63, 3.8) is 0 Å². The first-order valence-electron chi connectivity index (χ1n) is 9.04. The van der Waals surface area contributed by atoms with Crippen LogP contribution in [0.1, 0.15) is 36.8 Å². The van der Waals surface area contributed by atoms with E-state index in [0.717, 1.165) is 28.4 Å². The maximum absolute atomic E-state index is 5.80. The molecule has 0 aliphatic heterocycles. The zero-order valence-corrected chi connectivity index (χ0v) is 15.9. The zero-order valence-electron chi connectivity index (χ0n) is 15.9. The molecule has 1 heterocycles. The molecule has 27 heavy (non-hydrogen) atoms. The van der Waals surface area contributed by atoms with Crippen LogP contribution in [0.15, 0.2) is 46.9 Å². The first-order chi connectivity index (χ1) is 13.2. The van der Waals surface area contributed by atoms with Crippen molar-refractivity contribution in [3.05, 3.63) is 65.4 Å². The van der Waals surface area contributed by atoms with Gasteiger partial charge in [0.05, 0.1) is 33.2 Å². The lowest BCUT2D eigenvalue weighted by atomic mass is 10.1. The van der Waals surface area contributed by atoms with Gasteiger partial charge < -0.3 is 18.6 Å². The summed E-state index contributed by atoms with van der Waals surface area (Å²) in [4.78, 5) is 0. The van der Waals surface area contributed by atoms with Gasteiger partial charge in [0, 0.05) is 0 Å². The summed E-state index contributed by atoms with van der Waals surface area (Å²) >= 11 is 0. The molecule has 0 aliphatic rings. The summed E-state index contributed by atoms with van der Waals surface area (Å²) in [5, 5.41) is 8.31. The van der Waals surface area contributed by atoms with Gasteiger partial charge in [-0.2, -0.15) is 0 Å². The Bertz CT molecular complexity index is 859. The molecule has 0 saturated heterocycles. The number of hydrogen-bond acceptors (Lipinski definition) is 6. The van der Waals surface area contributed by atoms with Crippen LogP contribution in [0.3, 0.4) is 0 Å². The van der Waals surface area contributed by atoms with Gasteiger partial charge >= 0.3 is 0 Å². The molecule has 0 radical (unpaired) electrons. The number of benzene rings is 2. The van der Waals surface area contributed by atoms with Crippen LogP contribution in [0.5, 0.6) is 17.2 Å². The van der Waals surface area contributed by atoms with Crippen LogP contribution < -0.4 is 14.2 Å². The van der Waals surface area contributed by atoms with Gasteiger partial charge in [-0.05, 0) is 49.2 Å². The molecule has 0 bridgehead atoms. The van der Waals surface area contributed by atoms with Crippen molar-refractivity contribution in [2.45, 2.75) is 26.7 Å². The fourth-order valence-electron chi connectivity index (χ4n) is 2.73. The van der Waals surface area contributed by atoms with Crippen molar-refractivity contribution >= 4 is 0 Å². The Morgan fingerprint density at radius 3 is 2.00 bits per heavy atom. The molecule has 3 rings (SSSR count). The van der Waals surface area contributed by atoms with Gasteiger partial charge in [-0.3, -0.25) is 0 Å². The minimum atomic E-state index is 0.544. The Balaban J connectivity index is 1.68. The minimum absolute atomic E-state index is 0.544. The third-order valence-corrected chi connectivity index (χ3v) is 3.99. The molecule has 0 saturated carbocycles. The quantitative estimate of drug-likeness (QED) is 0.567. The normalized spacial score (nSPS) is 10.6. The molecule has 1 aromatic heterocycles. The largest absolute Gasteiger partial charge is 0.497 e. The summed E-state index contributed by atoms with van der Waals surface area (Å²) in [7, 11) is 1.65. The van der Waals surface area contributed by atoms with E-state index in [1.807, 2.05) is 56.3 Å². The van der Waals surface area contributed by atoms with Crippen LogP contribution in [-0.2, 0) is 12.8 Å². The van der Waals surface area contributed by atoms with E-state index in [9.17, 15) is 0 Å². The number of nitrogens with zero attached hydrogens (tertiary/aromatic N) is 2. The number of hydrogen-bond donors (Lipinski definition) is 0. The number of rotatable bonds is 9. The Labute approximate surface area is 159 Å². The molecule has 0 atom stereocenters. The highest BCUT2D eigenvalue weighted by molar-refractivity contribution is 5.43. The van der Waals surface area contributed by atoms with Crippen LogP contribution in [0.2, 0.25) is 0 Å². The third-order valence-electron chi connectivity index (χ3n) is 3.99. The first-order valence-corrected chi connectivity index (χ1v) is 9.04. The average molecular weight is 368 g/mol. The second-order valence-electron chi connectivity index (χ2n) is 5.94. The predicted octanol–water partition coefficient (Wildman–Crippen LogP) is 4.06. The Morgan fingerprint density at radius 1 is 0.778 bits per heavy atom. The first kappa shape index (κ1) is 18.8. The molecule has 3 aromatic rings. The van der Waals surface area contributed by atoms with E-state index in [4.69, 9.17) is 18.6 Å². The summed E-state index contributed by atoms with van der Waals surface area (Å²) < 4.78 is 22.2. The molecule has 6 nitrogen and oxygen atoms in total. The minimum Gasteiger partial charge on any atom is -0.497 e. The fraction of sp³-hybridized carbons (Fsp3) is 0.333. The third kappa shape index (κ3) is 5.00. The molecule has 0 fully saturated rings. The van der Waals surface area contributed by atoms with Gasteiger partial charge in [-0.1, -0.05) is 18.2 Å².